The van der Waals surface area contributed by atoms with Crippen LogP contribution in [-0.2, 0) is 0 Å². The van der Waals surface area contributed by atoms with Crippen molar-refractivity contribution >= 4 is 68.2 Å². The van der Waals surface area contributed by atoms with Crippen molar-refractivity contribution < 1.29 is 39.0 Å². The molecule has 286 valence electrons. The lowest BCUT2D eigenvalue weighted by Gasteiger charge is -2.30. The molecule has 56 heavy (non-hydrogen) atoms. The third-order valence-corrected chi connectivity index (χ3v) is 7.83. The second-order valence-electron chi connectivity index (χ2n) is 11.1. The fourth-order valence-electron chi connectivity index (χ4n) is 5.22. The van der Waals surface area contributed by atoms with Gasteiger partial charge in [0.15, 0.2) is 0 Å². The highest BCUT2D eigenvalue weighted by atomic mass is 16.6. The number of ether oxygens (including phenoxy) is 2. The Morgan fingerprint density at radius 2 is 0.732 bits per heavy atom. The summed E-state index contributed by atoms with van der Waals surface area (Å²) in [7, 11) is 2.77. The van der Waals surface area contributed by atoms with Crippen molar-refractivity contribution in [3.8, 4) is 11.5 Å². The molecule has 0 spiro atoms. The van der Waals surface area contributed by atoms with Gasteiger partial charge in [0, 0.05) is 0 Å². The molecule has 24 heteroatoms. The molecule has 5 aromatic carbocycles. The van der Waals surface area contributed by atoms with Crippen LogP contribution in [-0.4, -0.2) is 43.8 Å². The number of nitro groups is 6. The molecule has 0 aliphatic rings. The van der Waals surface area contributed by atoms with E-state index in [2.05, 4.69) is 10.9 Å². The quantitative estimate of drug-likeness (QED) is 0.0724. The minimum absolute atomic E-state index is 0.0580. The standard InChI is InChI=1S/C32H24N10O14/c1-55-25-10-6-19(7-11-25)35(33-31-27(39(47)48)15-23(37(43)44)16-28(31)40(49)50)21-4-3-5-22(14-21)36(20-8-12-26(56-2)13-9-20)34-32-29(41(51)52)17-24(38(45)46)18-30(32)42(53)54/h3-18,33-34H,1-2H3. The molecule has 0 amide bonds. The number of non-ortho nitro benzene ring substituents is 2. The maximum atomic E-state index is 12.2. The molecule has 0 aliphatic heterocycles. The first-order valence-corrected chi connectivity index (χ1v) is 15.4. The first-order chi connectivity index (χ1) is 26.6. The highest BCUT2D eigenvalue weighted by molar-refractivity contribution is 5.84. The maximum Gasteiger partial charge on any atom is 0.308 e. The second kappa shape index (κ2) is 15.9. The highest BCUT2D eigenvalue weighted by Gasteiger charge is 2.34. The lowest BCUT2D eigenvalue weighted by molar-refractivity contribution is -0.402. The molecule has 0 radical (unpaired) electrons. The fraction of sp³-hybridized carbons (Fsp3) is 0.0625. The molecule has 0 aliphatic carbocycles. The first-order valence-electron chi connectivity index (χ1n) is 15.4. The van der Waals surface area contributed by atoms with E-state index in [0.29, 0.717) is 35.8 Å². The third kappa shape index (κ3) is 8.02. The molecule has 5 aromatic rings. The Balaban J connectivity index is 1.75. The molecule has 2 N–H and O–H groups in total. The van der Waals surface area contributed by atoms with E-state index in [1.807, 2.05) is 0 Å². The number of anilines is 6. The van der Waals surface area contributed by atoms with Crippen molar-refractivity contribution in [2.75, 3.05) is 35.1 Å². The molecular weight excluding hydrogens is 748 g/mol. The van der Waals surface area contributed by atoms with Crippen LogP contribution < -0.4 is 30.3 Å². The van der Waals surface area contributed by atoms with Crippen LogP contribution in [0.25, 0.3) is 0 Å². The molecular formula is C32H24N10O14. The zero-order valence-electron chi connectivity index (χ0n) is 28.5. The van der Waals surface area contributed by atoms with Gasteiger partial charge in [0.1, 0.15) is 11.5 Å². The number of nitrogens with zero attached hydrogens (tertiary/aromatic N) is 8. The van der Waals surface area contributed by atoms with Crippen LogP contribution in [0.3, 0.4) is 0 Å². The molecule has 0 unspecified atom stereocenters. The van der Waals surface area contributed by atoms with Gasteiger partial charge >= 0.3 is 22.7 Å². The minimum atomic E-state index is -1.05. The van der Waals surface area contributed by atoms with Gasteiger partial charge in [-0.25, -0.2) is 0 Å². The Labute approximate surface area is 311 Å². The summed E-state index contributed by atoms with van der Waals surface area (Å²) in [6.07, 6.45) is 0. The number of nitrogens with one attached hydrogen (secondary N) is 2. The lowest BCUT2D eigenvalue weighted by Crippen LogP contribution is -2.28. The zero-order valence-corrected chi connectivity index (χ0v) is 28.5. The Morgan fingerprint density at radius 1 is 0.429 bits per heavy atom. The second-order valence-corrected chi connectivity index (χ2v) is 11.1. The van der Waals surface area contributed by atoms with E-state index in [1.54, 1.807) is 0 Å². The number of benzene rings is 5. The number of rotatable bonds is 16. The van der Waals surface area contributed by atoms with Crippen molar-refractivity contribution in [2.24, 2.45) is 0 Å². The predicted molar refractivity (Wildman–Crippen MR) is 197 cm³/mol. The molecule has 24 nitrogen and oxygen atoms in total. The van der Waals surface area contributed by atoms with E-state index in [1.165, 1.54) is 87.0 Å². The summed E-state index contributed by atoms with van der Waals surface area (Å²) in [5.41, 5.74) is -1.73. The molecule has 0 saturated heterocycles. The SMILES string of the molecule is COc1ccc(N(Nc2c([N+](=O)[O-])cc([N+](=O)[O-])cc2[N+](=O)[O-])c2cccc(N(Nc3c([N+](=O)[O-])cc([N+](=O)[O-])cc3[N+](=O)[O-])c3ccc(OC)cc3)c2)cc1. The van der Waals surface area contributed by atoms with Crippen LogP contribution in [0.2, 0.25) is 0 Å². The average Bonchev–Trinajstić information content (AvgIpc) is 3.18. The van der Waals surface area contributed by atoms with Gasteiger partial charge in [-0.1, -0.05) is 6.07 Å². The molecule has 0 aromatic heterocycles. The van der Waals surface area contributed by atoms with E-state index in [-0.39, 0.29) is 22.7 Å². The Morgan fingerprint density at radius 3 is 0.982 bits per heavy atom. The van der Waals surface area contributed by atoms with Gasteiger partial charge < -0.3 is 9.47 Å². The molecule has 0 saturated carbocycles. The Kier molecular flexibility index (Phi) is 10.9. The van der Waals surface area contributed by atoms with Crippen molar-refractivity contribution in [2.45, 2.75) is 0 Å². The van der Waals surface area contributed by atoms with Crippen LogP contribution >= 0.6 is 0 Å². The Bertz CT molecular complexity index is 2160. The molecule has 0 heterocycles. The monoisotopic (exact) mass is 772 g/mol. The van der Waals surface area contributed by atoms with Crippen LogP contribution in [0.4, 0.5) is 68.2 Å². The number of hydrazine groups is 2. The maximum absolute atomic E-state index is 12.2. The van der Waals surface area contributed by atoms with E-state index in [9.17, 15) is 60.7 Å². The number of hydrogen-bond donors (Lipinski definition) is 2. The summed E-state index contributed by atoms with van der Waals surface area (Å²) < 4.78 is 10.4. The van der Waals surface area contributed by atoms with Crippen LogP contribution in [0.5, 0.6) is 11.5 Å². The largest absolute Gasteiger partial charge is 0.497 e. The van der Waals surface area contributed by atoms with E-state index in [4.69, 9.17) is 9.47 Å². The first kappa shape index (κ1) is 38.5. The third-order valence-electron chi connectivity index (χ3n) is 7.83. The van der Waals surface area contributed by atoms with Gasteiger partial charge in [0.05, 0.1) is 90.8 Å². The molecule has 0 atom stereocenters. The summed E-state index contributed by atoms with van der Waals surface area (Å²) in [6.45, 7) is 0. The van der Waals surface area contributed by atoms with Gasteiger partial charge in [0.25, 0.3) is 11.4 Å². The highest BCUT2D eigenvalue weighted by Crippen LogP contribution is 2.43. The van der Waals surface area contributed by atoms with Crippen molar-refractivity contribution in [1.82, 2.24) is 0 Å². The van der Waals surface area contributed by atoms with Gasteiger partial charge in [0.2, 0.25) is 11.4 Å². The van der Waals surface area contributed by atoms with E-state index >= 15 is 0 Å². The normalized spacial score (nSPS) is 10.5. The summed E-state index contributed by atoms with van der Waals surface area (Å²) in [4.78, 5) is 65.5. The summed E-state index contributed by atoms with van der Waals surface area (Å²) in [6, 6.07) is 19.6. The van der Waals surface area contributed by atoms with Crippen LogP contribution in [0.15, 0.2) is 97.1 Å². The van der Waals surface area contributed by atoms with E-state index < -0.39 is 75.0 Å². The van der Waals surface area contributed by atoms with Crippen molar-refractivity contribution in [3.05, 3.63) is 158 Å². The van der Waals surface area contributed by atoms with Gasteiger partial charge in [-0.15, -0.1) is 0 Å². The number of nitro benzene ring substituents is 6. The van der Waals surface area contributed by atoms with Gasteiger partial charge in [-0.3, -0.25) is 81.6 Å². The lowest BCUT2D eigenvalue weighted by atomic mass is 10.2. The minimum Gasteiger partial charge on any atom is -0.497 e. The predicted octanol–water partition coefficient (Wildman–Crippen LogP) is 7.48. The number of hydrogen-bond acceptors (Lipinski definition) is 18. The van der Waals surface area contributed by atoms with Crippen LogP contribution in [0.1, 0.15) is 0 Å². The van der Waals surface area contributed by atoms with Gasteiger partial charge in [-0.2, -0.15) is 0 Å². The number of methoxy groups -OCH3 is 2. The van der Waals surface area contributed by atoms with Crippen molar-refractivity contribution in [1.29, 1.82) is 0 Å². The van der Waals surface area contributed by atoms with E-state index in [0.717, 1.165) is 10.0 Å². The summed E-state index contributed by atoms with van der Waals surface area (Å²) in [5.74, 6) is 0.742. The van der Waals surface area contributed by atoms with Crippen LogP contribution in [0, 0.1) is 60.7 Å². The zero-order chi connectivity index (χ0) is 40.8. The fourth-order valence-corrected chi connectivity index (χ4v) is 5.22. The molecule has 0 bridgehead atoms. The molecule has 5 rings (SSSR count). The summed E-state index contributed by atoms with van der Waals surface area (Å²) >= 11 is 0. The topological polar surface area (TPSA) is 308 Å². The average molecular weight is 773 g/mol. The summed E-state index contributed by atoms with van der Waals surface area (Å²) in [5, 5.41) is 74.0. The van der Waals surface area contributed by atoms with Crippen molar-refractivity contribution in [3.63, 3.8) is 0 Å². The smallest absolute Gasteiger partial charge is 0.308 e. The molecule has 0 fully saturated rings. The Hall–Kier alpha value is -8.70. The van der Waals surface area contributed by atoms with Gasteiger partial charge in [-0.05, 0) is 66.7 Å².